The van der Waals surface area contributed by atoms with E-state index in [0.29, 0.717) is 11.3 Å². The second-order valence-corrected chi connectivity index (χ2v) is 7.56. The van der Waals surface area contributed by atoms with Crippen molar-refractivity contribution in [2.24, 2.45) is 5.92 Å². The second-order valence-electron chi connectivity index (χ2n) is 7.56. The summed E-state index contributed by atoms with van der Waals surface area (Å²) in [6, 6.07) is 19.8. The number of anilines is 1. The zero-order chi connectivity index (χ0) is 20.1. The van der Waals surface area contributed by atoms with Gasteiger partial charge in [-0.1, -0.05) is 54.6 Å². The number of rotatable bonds is 3. The molecule has 6 nitrogen and oxygen atoms in total. The highest BCUT2D eigenvalue weighted by Crippen LogP contribution is 2.55. The van der Waals surface area contributed by atoms with Gasteiger partial charge in [-0.3, -0.25) is 10.1 Å². The molecule has 0 radical (unpaired) electrons. The minimum absolute atomic E-state index is 0.00781. The van der Waals surface area contributed by atoms with E-state index in [9.17, 15) is 20.0 Å². The van der Waals surface area contributed by atoms with Crippen molar-refractivity contribution in [3.8, 4) is 0 Å². The van der Waals surface area contributed by atoms with Crippen LogP contribution in [0.15, 0.2) is 66.7 Å². The highest BCUT2D eigenvalue weighted by atomic mass is 16.6. The van der Waals surface area contributed by atoms with Gasteiger partial charge in [-0.15, -0.1) is 0 Å². The Bertz CT molecular complexity index is 1160. The molecule has 0 fully saturated rings. The van der Waals surface area contributed by atoms with E-state index in [4.69, 9.17) is 0 Å². The minimum atomic E-state index is -1.01. The molecule has 3 atom stereocenters. The van der Waals surface area contributed by atoms with Gasteiger partial charge in [0.2, 0.25) is 0 Å². The molecule has 0 amide bonds. The summed E-state index contributed by atoms with van der Waals surface area (Å²) in [4.78, 5) is 23.2. The number of benzene rings is 3. The van der Waals surface area contributed by atoms with E-state index in [-0.39, 0.29) is 34.1 Å². The summed E-state index contributed by atoms with van der Waals surface area (Å²) in [7, 11) is 0. The fraction of sp³-hybridized carbons (Fsp3) is 0.174. The van der Waals surface area contributed by atoms with Crippen molar-refractivity contribution in [1.82, 2.24) is 0 Å². The van der Waals surface area contributed by atoms with E-state index in [1.165, 1.54) is 17.2 Å². The third-order valence-electron chi connectivity index (χ3n) is 6.13. The number of hydrogen-bond acceptors (Lipinski definition) is 4. The van der Waals surface area contributed by atoms with Crippen LogP contribution in [0.4, 0.5) is 11.4 Å². The van der Waals surface area contributed by atoms with Crippen LogP contribution >= 0.6 is 0 Å². The van der Waals surface area contributed by atoms with Crippen molar-refractivity contribution in [3.63, 3.8) is 0 Å². The smallest absolute Gasteiger partial charge is 0.337 e. The Morgan fingerprint density at radius 3 is 2.41 bits per heavy atom. The number of hydrogen-bond donors (Lipinski definition) is 2. The van der Waals surface area contributed by atoms with Gasteiger partial charge in [0.15, 0.2) is 0 Å². The number of carbonyl (C=O) groups is 1. The normalized spacial score (nSPS) is 21.4. The molecule has 1 aliphatic heterocycles. The third kappa shape index (κ3) is 2.60. The molecule has 0 spiro atoms. The van der Waals surface area contributed by atoms with Gasteiger partial charge in [-0.25, -0.2) is 4.79 Å². The summed E-state index contributed by atoms with van der Waals surface area (Å²) < 4.78 is 0. The molecule has 0 bridgehead atoms. The van der Waals surface area contributed by atoms with Crippen molar-refractivity contribution < 1.29 is 14.8 Å². The molecule has 2 aliphatic rings. The van der Waals surface area contributed by atoms with Gasteiger partial charge in [0.05, 0.1) is 27.8 Å². The molecule has 0 saturated heterocycles. The number of aromatic carboxylic acids is 1. The molecule has 3 aromatic rings. The zero-order valence-corrected chi connectivity index (χ0v) is 15.4. The van der Waals surface area contributed by atoms with E-state index in [0.717, 1.165) is 12.0 Å². The van der Waals surface area contributed by atoms with Crippen molar-refractivity contribution in [2.75, 3.05) is 5.32 Å². The predicted molar refractivity (Wildman–Crippen MR) is 108 cm³/mol. The molecule has 5 rings (SSSR count). The fourth-order valence-electron chi connectivity index (χ4n) is 4.99. The molecule has 6 heteroatoms. The van der Waals surface area contributed by atoms with Crippen LogP contribution in [0, 0.1) is 16.0 Å². The molecule has 1 aliphatic carbocycles. The van der Waals surface area contributed by atoms with Crippen LogP contribution in [0.25, 0.3) is 0 Å². The number of carboxylic acid groups (broad SMARTS) is 1. The lowest BCUT2D eigenvalue weighted by Gasteiger charge is -2.38. The Hall–Kier alpha value is -3.67. The standard InChI is InChI=1S/C23H18N2O4/c26-23(27)17-10-5-9-16-20-14-7-2-1-6-13(14)12-18(20)21(24-22(16)17)15-8-3-4-11-19(15)25(28)29/h1-11,18,20-21,24H,12H2,(H,26,27)/t18-,20+,21-/m1/s1. The first-order chi connectivity index (χ1) is 14.1. The van der Waals surface area contributed by atoms with Crippen molar-refractivity contribution >= 4 is 17.3 Å². The second kappa shape index (κ2) is 6.44. The Balaban J connectivity index is 1.75. The first-order valence-corrected chi connectivity index (χ1v) is 9.50. The van der Waals surface area contributed by atoms with E-state index in [1.807, 2.05) is 18.2 Å². The number of carboxylic acids is 1. The van der Waals surface area contributed by atoms with Gasteiger partial charge in [0.25, 0.3) is 5.69 Å². The van der Waals surface area contributed by atoms with Crippen LogP contribution in [-0.2, 0) is 6.42 Å². The average molecular weight is 386 g/mol. The molecule has 1 heterocycles. The van der Waals surface area contributed by atoms with E-state index >= 15 is 0 Å². The lowest BCUT2D eigenvalue weighted by Crippen LogP contribution is -2.32. The van der Waals surface area contributed by atoms with Crippen LogP contribution < -0.4 is 5.32 Å². The molecule has 0 aromatic heterocycles. The summed E-state index contributed by atoms with van der Waals surface area (Å²) in [5.41, 5.74) is 4.71. The number of nitrogens with zero attached hydrogens (tertiary/aromatic N) is 1. The first kappa shape index (κ1) is 17.4. The third-order valence-corrected chi connectivity index (χ3v) is 6.13. The Labute approximate surface area is 167 Å². The quantitative estimate of drug-likeness (QED) is 0.500. The highest BCUT2D eigenvalue weighted by Gasteiger charge is 2.45. The fourth-order valence-corrected chi connectivity index (χ4v) is 4.99. The van der Waals surface area contributed by atoms with Crippen molar-refractivity contribution in [1.29, 1.82) is 0 Å². The largest absolute Gasteiger partial charge is 0.478 e. The summed E-state index contributed by atoms with van der Waals surface area (Å²) in [5, 5.41) is 24.8. The lowest BCUT2D eigenvalue weighted by molar-refractivity contribution is -0.385. The van der Waals surface area contributed by atoms with E-state index in [2.05, 4.69) is 17.4 Å². The number of para-hydroxylation sites is 2. The number of nitro groups is 1. The van der Waals surface area contributed by atoms with Gasteiger partial charge in [0.1, 0.15) is 0 Å². The SMILES string of the molecule is O=C(O)c1cccc2c1N[C@H](c1ccccc1[N+](=O)[O-])[C@@H]1Cc3ccccc3[C@@H]21. The van der Waals surface area contributed by atoms with Gasteiger partial charge in [0, 0.05) is 12.0 Å². The maximum Gasteiger partial charge on any atom is 0.337 e. The summed E-state index contributed by atoms with van der Waals surface area (Å²) in [6.07, 6.45) is 0.779. The molecule has 3 aromatic carbocycles. The number of fused-ring (bicyclic) bond motifs is 5. The van der Waals surface area contributed by atoms with Gasteiger partial charge in [-0.2, -0.15) is 0 Å². The summed E-state index contributed by atoms with van der Waals surface area (Å²) in [5.74, 6) is -0.961. The van der Waals surface area contributed by atoms with Crippen LogP contribution in [-0.4, -0.2) is 16.0 Å². The zero-order valence-electron chi connectivity index (χ0n) is 15.4. The average Bonchev–Trinajstić information content (AvgIpc) is 3.12. The van der Waals surface area contributed by atoms with Gasteiger partial charge < -0.3 is 10.4 Å². The van der Waals surface area contributed by atoms with Crippen LogP contribution in [0.2, 0.25) is 0 Å². The topological polar surface area (TPSA) is 92.5 Å². The summed E-state index contributed by atoms with van der Waals surface area (Å²) in [6.45, 7) is 0. The van der Waals surface area contributed by atoms with Crippen LogP contribution in [0.1, 0.15) is 44.6 Å². The first-order valence-electron chi connectivity index (χ1n) is 9.50. The van der Waals surface area contributed by atoms with Crippen molar-refractivity contribution in [3.05, 3.63) is 105 Å². The molecule has 29 heavy (non-hydrogen) atoms. The Morgan fingerprint density at radius 2 is 1.66 bits per heavy atom. The Kier molecular flexibility index (Phi) is 3.87. The van der Waals surface area contributed by atoms with Crippen molar-refractivity contribution in [2.45, 2.75) is 18.4 Å². The van der Waals surface area contributed by atoms with E-state index in [1.54, 1.807) is 30.3 Å². The maximum atomic E-state index is 11.9. The highest BCUT2D eigenvalue weighted by molar-refractivity contribution is 5.96. The monoisotopic (exact) mass is 386 g/mol. The Morgan fingerprint density at radius 1 is 0.966 bits per heavy atom. The lowest BCUT2D eigenvalue weighted by atomic mass is 9.74. The number of nitro benzene ring substituents is 1. The van der Waals surface area contributed by atoms with Gasteiger partial charge in [-0.05, 0) is 35.1 Å². The predicted octanol–water partition coefficient (Wildman–Crippen LogP) is 4.76. The number of nitrogens with one attached hydrogen (secondary N) is 1. The molecule has 144 valence electrons. The molecule has 0 saturated carbocycles. The van der Waals surface area contributed by atoms with Crippen LogP contribution in [0.3, 0.4) is 0 Å². The molecular formula is C23H18N2O4. The molecular weight excluding hydrogens is 368 g/mol. The summed E-state index contributed by atoms with van der Waals surface area (Å²) >= 11 is 0. The molecule has 2 N–H and O–H groups in total. The molecule has 0 unspecified atom stereocenters. The van der Waals surface area contributed by atoms with Gasteiger partial charge >= 0.3 is 5.97 Å². The maximum absolute atomic E-state index is 11.9. The minimum Gasteiger partial charge on any atom is -0.478 e. The van der Waals surface area contributed by atoms with E-state index < -0.39 is 5.97 Å². The van der Waals surface area contributed by atoms with Crippen LogP contribution in [0.5, 0.6) is 0 Å².